The van der Waals surface area contributed by atoms with Gasteiger partial charge in [-0.15, -0.1) is 11.3 Å². The first-order chi connectivity index (χ1) is 15.5. The zero-order valence-electron chi connectivity index (χ0n) is 17.7. The van der Waals surface area contributed by atoms with E-state index in [4.69, 9.17) is 9.47 Å². The van der Waals surface area contributed by atoms with Crippen LogP contribution >= 0.6 is 11.3 Å². The Balaban J connectivity index is 1.33. The van der Waals surface area contributed by atoms with Gasteiger partial charge in [-0.3, -0.25) is 14.9 Å². The molecule has 162 valence electrons. The fourth-order valence-electron chi connectivity index (χ4n) is 3.26. The number of benzene rings is 3. The second-order valence-electron chi connectivity index (χ2n) is 7.25. The van der Waals surface area contributed by atoms with E-state index >= 15 is 0 Å². The number of ether oxygens (including phenoxy) is 2. The Hall–Kier alpha value is -3.71. The average molecular weight is 447 g/mol. The number of nitrogens with one attached hydrogen (secondary N) is 1. The molecule has 0 aliphatic carbocycles. The van der Waals surface area contributed by atoms with Crippen LogP contribution in [0, 0.1) is 0 Å². The van der Waals surface area contributed by atoms with Crippen molar-refractivity contribution < 1.29 is 19.1 Å². The number of hydrogen-bond acceptors (Lipinski definition) is 6. The Labute approximate surface area is 189 Å². The molecule has 0 aliphatic rings. The summed E-state index contributed by atoms with van der Waals surface area (Å²) in [6, 6.07) is 21.2. The summed E-state index contributed by atoms with van der Waals surface area (Å²) in [7, 11) is 1.63. The van der Waals surface area contributed by atoms with Crippen LogP contribution in [-0.2, 0) is 14.3 Å². The number of carbonyl (C=O) groups excluding carboxylic acids is 2. The van der Waals surface area contributed by atoms with Crippen LogP contribution in [0.25, 0.3) is 22.0 Å². The molecule has 1 N–H and O–H groups in total. The van der Waals surface area contributed by atoms with Gasteiger partial charge in [-0.1, -0.05) is 54.6 Å². The summed E-state index contributed by atoms with van der Waals surface area (Å²) in [5.41, 5.74) is 2.57. The number of hydrogen-bond donors (Lipinski definition) is 1. The van der Waals surface area contributed by atoms with Crippen LogP contribution in [-0.4, -0.2) is 30.6 Å². The van der Waals surface area contributed by atoms with Crippen molar-refractivity contribution in [3.05, 3.63) is 77.7 Å². The maximum atomic E-state index is 12.5. The number of thiazole rings is 1. The van der Waals surface area contributed by atoms with E-state index in [1.807, 2.05) is 72.1 Å². The van der Waals surface area contributed by atoms with Gasteiger partial charge in [-0.25, -0.2) is 4.98 Å². The molecule has 4 rings (SSSR count). The Morgan fingerprint density at radius 1 is 1.03 bits per heavy atom. The number of fused-ring (bicyclic) bond motifs is 1. The van der Waals surface area contributed by atoms with Crippen molar-refractivity contribution in [2.45, 2.75) is 12.8 Å². The quantitative estimate of drug-likeness (QED) is 0.392. The summed E-state index contributed by atoms with van der Waals surface area (Å²) in [5, 5.41) is 7.03. The maximum Gasteiger partial charge on any atom is 0.313 e. The number of amides is 1. The molecule has 1 amide bonds. The highest BCUT2D eigenvalue weighted by atomic mass is 32.1. The van der Waals surface area contributed by atoms with Crippen molar-refractivity contribution in [1.29, 1.82) is 0 Å². The van der Waals surface area contributed by atoms with Crippen LogP contribution in [0.15, 0.2) is 72.1 Å². The SMILES string of the molecule is COc1ccc2cc([C@H](C)C(=O)OCC(=O)Nc3nc(-c4ccccc4)cs3)ccc2c1. The minimum atomic E-state index is -0.501. The molecule has 0 saturated heterocycles. The van der Waals surface area contributed by atoms with Crippen LogP contribution in [0.1, 0.15) is 18.4 Å². The van der Waals surface area contributed by atoms with E-state index in [0.717, 1.165) is 33.3 Å². The van der Waals surface area contributed by atoms with Crippen molar-refractivity contribution in [2.75, 3.05) is 19.0 Å². The minimum absolute atomic E-state index is 0.367. The van der Waals surface area contributed by atoms with Crippen molar-refractivity contribution in [3.8, 4) is 17.0 Å². The zero-order valence-corrected chi connectivity index (χ0v) is 18.5. The lowest BCUT2D eigenvalue weighted by atomic mass is 9.98. The molecule has 0 spiro atoms. The van der Waals surface area contributed by atoms with E-state index < -0.39 is 17.8 Å². The smallest absolute Gasteiger partial charge is 0.313 e. The number of aromatic nitrogens is 1. The molecule has 6 nitrogen and oxygen atoms in total. The van der Waals surface area contributed by atoms with Gasteiger partial charge in [0.15, 0.2) is 11.7 Å². The van der Waals surface area contributed by atoms with Crippen LogP contribution in [0.4, 0.5) is 5.13 Å². The Bertz CT molecular complexity index is 1250. The number of carbonyl (C=O) groups is 2. The fourth-order valence-corrected chi connectivity index (χ4v) is 4.00. The van der Waals surface area contributed by atoms with E-state index in [9.17, 15) is 9.59 Å². The Morgan fingerprint density at radius 2 is 1.78 bits per heavy atom. The second kappa shape index (κ2) is 9.62. The summed E-state index contributed by atoms with van der Waals surface area (Å²) in [4.78, 5) is 29.1. The third-order valence-electron chi connectivity index (χ3n) is 5.09. The number of methoxy groups -OCH3 is 1. The zero-order chi connectivity index (χ0) is 22.5. The highest BCUT2D eigenvalue weighted by molar-refractivity contribution is 7.14. The van der Waals surface area contributed by atoms with Gasteiger partial charge in [-0.2, -0.15) is 0 Å². The van der Waals surface area contributed by atoms with Crippen LogP contribution in [0.3, 0.4) is 0 Å². The van der Waals surface area contributed by atoms with E-state index in [2.05, 4.69) is 10.3 Å². The molecule has 0 aliphatic heterocycles. The average Bonchev–Trinajstić information content (AvgIpc) is 3.30. The molecule has 1 atom stereocenters. The van der Waals surface area contributed by atoms with Crippen LogP contribution in [0.5, 0.6) is 5.75 Å². The fraction of sp³-hybridized carbons (Fsp3) is 0.160. The summed E-state index contributed by atoms with van der Waals surface area (Å²) < 4.78 is 10.5. The van der Waals surface area contributed by atoms with E-state index in [1.54, 1.807) is 14.0 Å². The predicted octanol–water partition coefficient (Wildman–Crippen LogP) is 5.26. The first kappa shape index (κ1) is 21.5. The molecule has 0 fully saturated rings. The Morgan fingerprint density at radius 3 is 2.56 bits per heavy atom. The minimum Gasteiger partial charge on any atom is -0.497 e. The van der Waals surface area contributed by atoms with Gasteiger partial charge in [0.1, 0.15) is 5.75 Å². The summed E-state index contributed by atoms with van der Waals surface area (Å²) in [6.07, 6.45) is 0. The van der Waals surface area contributed by atoms with Crippen molar-refractivity contribution in [2.24, 2.45) is 0 Å². The van der Waals surface area contributed by atoms with Gasteiger partial charge in [0.25, 0.3) is 5.91 Å². The van der Waals surface area contributed by atoms with Gasteiger partial charge in [0.05, 0.1) is 18.7 Å². The lowest BCUT2D eigenvalue weighted by Gasteiger charge is -2.13. The highest BCUT2D eigenvalue weighted by Crippen LogP contribution is 2.26. The molecule has 4 aromatic rings. The normalized spacial score (nSPS) is 11.7. The third kappa shape index (κ3) is 4.95. The number of nitrogens with zero attached hydrogens (tertiary/aromatic N) is 1. The number of rotatable bonds is 7. The van der Waals surface area contributed by atoms with Gasteiger partial charge in [0.2, 0.25) is 0 Å². The molecule has 0 bridgehead atoms. The standard InChI is InChI=1S/C25H22N2O4S/c1-16(18-8-9-20-13-21(30-2)11-10-19(20)12-18)24(29)31-14-23(28)27-25-26-22(15-32-25)17-6-4-3-5-7-17/h3-13,15-16H,14H2,1-2H3,(H,26,27,28)/t16-/m0/s1. The lowest BCUT2D eigenvalue weighted by Crippen LogP contribution is -2.23. The highest BCUT2D eigenvalue weighted by Gasteiger charge is 2.19. The molecule has 0 unspecified atom stereocenters. The van der Waals surface area contributed by atoms with Crippen molar-refractivity contribution in [3.63, 3.8) is 0 Å². The van der Waals surface area contributed by atoms with Gasteiger partial charge < -0.3 is 9.47 Å². The molecule has 3 aromatic carbocycles. The van der Waals surface area contributed by atoms with Crippen LogP contribution < -0.4 is 10.1 Å². The molecule has 0 radical (unpaired) electrons. The van der Waals surface area contributed by atoms with Crippen LogP contribution in [0.2, 0.25) is 0 Å². The number of esters is 1. The summed E-state index contributed by atoms with van der Waals surface area (Å²) in [6.45, 7) is 1.39. The van der Waals surface area contributed by atoms with E-state index in [0.29, 0.717) is 5.13 Å². The van der Waals surface area contributed by atoms with Gasteiger partial charge in [-0.05, 0) is 35.4 Å². The summed E-state index contributed by atoms with van der Waals surface area (Å²) >= 11 is 1.32. The molecule has 7 heteroatoms. The molecular formula is C25H22N2O4S. The second-order valence-corrected chi connectivity index (χ2v) is 8.11. The molecule has 1 aromatic heterocycles. The Kier molecular flexibility index (Phi) is 6.47. The van der Waals surface area contributed by atoms with E-state index in [-0.39, 0.29) is 6.61 Å². The predicted molar refractivity (Wildman–Crippen MR) is 126 cm³/mol. The number of anilines is 1. The van der Waals surface area contributed by atoms with E-state index in [1.165, 1.54) is 11.3 Å². The molecule has 1 heterocycles. The van der Waals surface area contributed by atoms with Gasteiger partial charge in [0, 0.05) is 10.9 Å². The van der Waals surface area contributed by atoms with Crippen molar-refractivity contribution in [1.82, 2.24) is 4.98 Å². The summed E-state index contributed by atoms with van der Waals surface area (Å²) in [5.74, 6) is -0.610. The van der Waals surface area contributed by atoms with Crippen molar-refractivity contribution >= 4 is 39.1 Å². The third-order valence-corrected chi connectivity index (χ3v) is 5.85. The van der Waals surface area contributed by atoms with Gasteiger partial charge >= 0.3 is 5.97 Å². The molecule has 32 heavy (non-hydrogen) atoms. The first-order valence-corrected chi connectivity index (χ1v) is 11.0. The first-order valence-electron chi connectivity index (χ1n) is 10.1. The monoisotopic (exact) mass is 446 g/mol. The topological polar surface area (TPSA) is 77.5 Å². The molecular weight excluding hydrogens is 424 g/mol. The lowest BCUT2D eigenvalue weighted by molar-refractivity contribution is -0.148. The maximum absolute atomic E-state index is 12.5. The molecule has 0 saturated carbocycles. The largest absolute Gasteiger partial charge is 0.497 e.